The lowest BCUT2D eigenvalue weighted by atomic mass is 10.0. The van der Waals surface area contributed by atoms with E-state index in [1.807, 2.05) is 5.38 Å². The molecule has 1 N–H and O–H groups in total. The summed E-state index contributed by atoms with van der Waals surface area (Å²) < 4.78 is 0. The number of aromatic hydroxyl groups is 1. The molecule has 1 atom stereocenters. The van der Waals surface area contributed by atoms with Gasteiger partial charge in [-0.25, -0.2) is 4.98 Å². The van der Waals surface area contributed by atoms with E-state index in [9.17, 15) is 5.11 Å². The molecule has 0 saturated heterocycles. The van der Waals surface area contributed by atoms with Crippen LogP contribution in [0.4, 0.5) is 0 Å². The summed E-state index contributed by atoms with van der Waals surface area (Å²) >= 11 is 7.29. The molecule has 1 unspecified atom stereocenters. The van der Waals surface area contributed by atoms with Gasteiger partial charge < -0.3 is 9.94 Å². The lowest BCUT2D eigenvalue weighted by Gasteiger charge is -2.09. The molecule has 4 nitrogen and oxygen atoms in total. The number of phenolic OH excluding ortho intramolecular Hbond substituents is 1. The molecule has 1 aliphatic heterocycles. The highest BCUT2D eigenvalue weighted by atomic mass is 35.5. The summed E-state index contributed by atoms with van der Waals surface area (Å²) in [5, 5.41) is 15.9. The molecule has 0 fully saturated rings. The minimum absolute atomic E-state index is 0.122. The summed E-state index contributed by atoms with van der Waals surface area (Å²) in [7, 11) is 0. The van der Waals surface area contributed by atoms with Gasteiger partial charge in [0.25, 0.3) is 0 Å². The molecule has 1 aromatic heterocycles. The zero-order chi connectivity index (χ0) is 12.5. The van der Waals surface area contributed by atoms with Crippen molar-refractivity contribution in [3.05, 3.63) is 45.4 Å². The van der Waals surface area contributed by atoms with Crippen molar-refractivity contribution in [2.75, 3.05) is 0 Å². The van der Waals surface area contributed by atoms with Crippen LogP contribution in [0.3, 0.4) is 0 Å². The summed E-state index contributed by atoms with van der Waals surface area (Å²) in [5.41, 5.74) is 5.15. The first-order valence-corrected chi connectivity index (χ1v) is 6.52. The van der Waals surface area contributed by atoms with Crippen LogP contribution >= 0.6 is 22.9 Å². The first kappa shape index (κ1) is 11.5. The average molecular weight is 280 g/mol. The Morgan fingerprint density at radius 2 is 2.33 bits per heavy atom. The molecule has 0 spiro atoms. The summed E-state index contributed by atoms with van der Waals surface area (Å²) in [4.78, 5) is 9.42. The van der Waals surface area contributed by atoms with Gasteiger partial charge >= 0.3 is 0 Å². The number of rotatable bonds is 2. The number of hydrogen-bond acceptors (Lipinski definition) is 5. The molecule has 3 rings (SSSR count). The van der Waals surface area contributed by atoms with E-state index in [4.69, 9.17) is 16.4 Å². The number of oxime groups is 1. The van der Waals surface area contributed by atoms with Gasteiger partial charge in [-0.15, -0.1) is 11.3 Å². The number of phenols is 1. The predicted octanol–water partition coefficient (Wildman–Crippen LogP) is 3.17. The van der Waals surface area contributed by atoms with E-state index in [1.54, 1.807) is 12.1 Å². The maximum Gasteiger partial charge on any atom is 0.158 e. The number of thiazole rings is 1. The molecule has 6 heteroatoms. The van der Waals surface area contributed by atoms with Crippen molar-refractivity contribution in [1.29, 1.82) is 0 Å². The van der Waals surface area contributed by atoms with Crippen molar-refractivity contribution in [2.24, 2.45) is 5.16 Å². The zero-order valence-electron chi connectivity index (χ0n) is 9.13. The fourth-order valence-corrected chi connectivity index (χ4v) is 2.55. The smallest absolute Gasteiger partial charge is 0.158 e. The minimum atomic E-state index is -0.230. The van der Waals surface area contributed by atoms with Crippen molar-refractivity contribution >= 4 is 28.6 Å². The number of nitrogens with zero attached hydrogens (tertiary/aromatic N) is 2. The quantitative estimate of drug-likeness (QED) is 0.919. The number of benzene rings is 1. The molecule has 0 amide bonds. The van der Waals surface area contributed by atoms with Crippen molar-refractivity contribution in [3.8, 4) is 5.75 Å². The lowest BCUT2D eigenvalue weighted by molar-refractivity contribution is 0.0856. The van der Waals surface area contributed by atoms with Crippen LogP contribution in [0.1, 0.15) is 23.8 Å². The maximum atomic E-state index is 9.51. The third-order valence-electron chi connectivity index (χ3n) is 2.63. The molecule has 1 radical (unpaired) electrons. The third-order valence-corrected chi connectivity index (χ3v) is 3.39. The van der Waals surface area contributed by atoms with Crippen LogP contribution in [0.25, 0.3) is 0 Å². The van der Waals surface area contributed by atoms with Crippen molar-refractivity contribution in [3.63, 3.8) is 0 Å². The van der Waals surface area contributed by atoms with E-state index in [-0.39, 0.29) is 11.9 Å². The second kappa shape index (κ2) is 4.59. The topological polar surface area (TPSA) is 54.7 Å². The van der Waals surface area contributed by atoms with E-state index in [0.29, 0.717) is 11.4 Å². The first-order chi connectivity index (χ1) is 8.72. The van der Waals surface area contributed by atoms with E-state index >= 15 is 0 Å². The van der Waals surface area contributed by atoms with Crippen LogP contribution in [0.15, 0.2) is 28.7 Å². The van der Waals surface area contributed by atoms with Gasteiger partial charge in [0.1, 0.15) is 11.5 Å². The summed E-state index contributed by atoms with van der Waals surface area (Å²) in [6.07, 6.45) is 0.378. The number of hydrogen-bond donors (Lipinski definition) is 1. The lowest BCUT2D eigenvalue weighted by Crippen LogP contribution is -2.01. The molecule has 0 aliphatic carbocycles. The Balaban J connectivity index is 1.81. The standard InChI is InChI=1S/C12H8ClN2O2S/c13-8-1-7(2-9(16)3-8)12-4-10(15-17-12)11-5-18-6-14-11/h1-3,5,12,16H,4H2. The van der Waals surface area contributed by atoms with Gasteiger partial charge in [-0.3, -0.25) is 0 Å². The highest BCUT2D eigenvalue weighted by molar-refractivity contribution is 7.07. The van der Waals surface area contributed by atoms with E-state index in [0.717, 1.165) is 17.0 Å². The van der Waals surface area contributed by atoms with Gasteiger partial charge in [0.2, 0.25) is 0 Å². The summed E-state index contributed by atoms with van der Waals surface area (Å²) in [6, 6.07) is 4.87. The fourth-order valence-electron chi connectivity index (χ4n) is 1.81. The molecular weight excluding hydrogens is 272 g/mol. The molecule has 1 aromatic carbocycles. The van der Waals surface area contributed by atoms with Crippen LogP contribution in [-0.2, 0) is 4.84 Å². The van der Waals surface area contributed by atoms with Gasteiger partial charge in [-0.05, 0) is 18.2 Å². The van der Waals surface area contributed by atoms with Crippen LogP contribution in [-0.4, -0.2) is 15.8 Å². The van der Waals surface area contributed by atoms with Crippen molar-refractivity contribution in [2.45, 2.75) is 12.5 Å². The van der Waals surface area contributed by atoms with Crippen LogP contribution < -0.4 is 0 Å². The predicted molar refractivity (Wildman–Crippen MR) is 69.0 cm³/mol. The van der Waals surface area contributed by atoms with Crippen LogP contribution in [0.5, 0.6) is 5.75 Å². The molecule has 0 bridgehead atoms. The Kier molecular flexibility index (Phi) is 2.93. The Morgan fingerprint density at radius 1 is 1.44 bits per heavy atom. The molecular formula is C12H8ClN2O2S. The summed E-state index contributed by atoms with van der Waals surface area (Å²) in [5.74, 6) is 0.122. The Labute approximate surface area is 112 Å². The van der Waals surface area contributed by atoms with E-state index < -0.39 is 0 Å². The SMILES string of the molecule is Oc1cc(Cl)cc(C2CC(c3cs[c]n3)=NO2)c1. The summed E-state index contributed by atoms with van der Waals surface area (Å²) in [6.45, 7) is 0. The van der Waals surface area contributed by atoms with E-state index in [2.05, 4.69) is 15.7 Å². The highest BCUT2D eigenvalue weighted by Gasteiger charge is 2.25. The molecule has 2 heterocycles. The zero-order valence-corrected chi connectivity index (χ0v) is 10.7. The largest absolute Gasteiger partial charge is 0.508 e. The number of halogens is 1. The van der Waals surface area contributed by atoms with E-state index in [1.165, 1.54) is 17.4 Å². The fraction of sp³-hybridized carbons (Fsp3) is 0.167. The van der Waals surface area contributed by atoms with Crippen molar-refractivity contribution < 1.29 is 9.94 Å². The highest BCUT2D eigenvalue weighted by Crippen LogP contribution is 2.32. The third kappa shape index (κ3) is 2.19. The normalized spacial score (nSPS) is 18.5. The van der Waals surface area contributed by atoms with Crippen LogP contribution in [0.2, 0.25) is 5.02 Å². The first-order valence-electron chi connectivity index (χ1n) is 5.26. The van der Waals surface area contributed by atoms with Crippen molar-refractivity contribution in [1.82, 2.24) is 4.98 Å². The minimum Gasteiger partial charge on any atom is -0.508 e. The maximum absolute atomic E-state index is 9.51. The second-order valence-electron chi connectivity index (χ2n) is 3.90. The average Bonchev–Trinajstić information content (AvgIpc) is 2.99. The Morgan fingerprint density at radius 3 is 3.06 bits per heavy atom. The van der Waals surface area contributed by atoms with Gasteiger partial charge in [-0.1, -0.05) is 16.8 Å². The van der Waals surface area contributed by atoms with Gasteiger partial charge in [0.15, 0.2) is 11.6 Å². The molecule has 91 valence electrons. The molecule has 1 aliphatic rings. The second-order valence-corrected chi connectivity index (χ2v) is 4.99. The molecule has 0 saturated carbocycles. The Hall–Kier alpha value is -1.59. The van der Waals surface area contributed by atoms with Gasteiger partial charge in [0, 0.05) is 22.4 Å². The van der Waals surface area contributed by atoms with Gasteiger partial charge in [-0.2, -0.15) is 0 Å². The Bertz CT molecular complexity index is 578. The molecule has 18 heavy (non-hydrogen) atoms. The van der Waals surface area contributed by atoms with Gasteiger partial charge in [0.05, 0.1) is 5.69 Å². The monoisotopic (exact) mass is 279 g/mol. The van der Waals surface area contributed by atoms with Crippen LogP contribution in [0, 0.1) is 5.51 Å². The number of aromatic nitrogens is 1. The molecule has 2 aromatic rings.